The number of benzene rings is 2. The number of hydrazine groups is 1. The van der Waals surface area contributed by atoms with Gasteiger partial charge in [0, 0.05) is 11.1 Å². The van der Waals surface area contributed by atoms with Crippen molar-refractivity contribution in [1.82, 2.24) is 15.8 Å². The van der Waals surface area contributed by atoms with E-state index in [9.17, 15) is 19.2 Å². The molecular weight excluding hydrogens is 398 g/mol. The molecule has 8 nitrogen and oxygen atoms in total. The topological polar surface area (TPSA) is 109 Å². The third-order valence-electron chi connectivity index (χ3n) is 5.16. The molecule has 1 aliphatic rings. The minimum atomic E-state index is -1.29. The molecule has 1 saturated heterocycles. The minimum absolute atomic E-state index is 0.0536. The van der Waals surface area contributed by atoms with Gasteiger partial charge in [-0.25, -0.2) is 10.2 Å². The maximum atomic E-state index is 12.9. The molecule has 2 N–H and O–H groups in total. The zero-order valence-corrected chi connectivity index (χ0v) is 16.8. The van der Waals surface area contributed by atoms with Crippen molar-refractivity contribution in [2.24, 2.45) is 0 Å². The van der Waals surface area contributed by atoms with E-state index in [4.69, 9.17) is 4.42 Å². The molecule has 8 heteroatoms. The first-order valence-electron chi connectivity index (χ1n) is 9.54. The summed E-state index contributed by atoms with van der Waals surface area (Å²) in [6, 6.07) is 17.8. The molecule has 4 amide bonds. The lowest BCUT2D eigenvalue weighted by atomic mass is 9.92. The van der Waals surface area contributed by atoms with Gasteiger partial charge in [-0.1, -0.05) is 54.6 Å². The first-order valence-corrected chi connectivity index (χ1v) is 9.54. The molecule has 0 aliphatic carbocycles. The van der Waals surface area contributed by atoms with Crippen LogP contribution in [0, 0.1) is 0 Å². The van der Waals surface area contributed by atoms with Crippen molar-refractivity contribution < 1.29 is 23.6 Å². The number of furan rings is 1. The van der Waals surface area contributed by atoms with Crippen LogP contribution in [0.3, 0.4) is 0 Å². The normalized spacial score (nSPS) is 18.1. The van der Waals surface area contributed by atoms with Crippen molar-refractivity contribution in [3.05, 3.63) is 83.6 Å². The van der Waals surface area contributed by atoms with Crippen molar-refractivity contribution in [2.45, 2.75) is 19.4 Å². The average molecular weight is 417 g/mol. The van der Waals surface area contributed by atoms with Crippen LogP contribution in [0.4, 0.5) is 4.79 Å². The number of Topliss-reactive ketones (excluding diaryl/α,β-unsaturated/α-hetero) is 1. The Morgan fingerprint density at radius 3 is 2.29 bits per heavy atom. The summed E-state index contributed by atoms with van der Waals surface area (Å²) in [6.45, 7) is 3.05. The van der Waals surface area contributed by atoms with Crippen molar-refractivity contribution in [3.8, 4) is 11.3 Å². The summed E-state index contributed by atoms with van der Waals surface area (Å²) in [5.74, 6) is -1.07. The first kappa shape index (κ1) is 20.1. The predicted octanol–water partition coefficient (Wildman–Crippen LogP) is 3.26. The number of hydrogen-bond donors (Lipinski definition) is 2. The van der Waals surface area contributed by atoms with E-state index >= 15 is 0 Å². The van der Waals surface area contributed by atoms with Crippen LogP contribution in [0.25, 0.3) is 11.3 Å². The summed E-state index contributed by atoms with van der Waals surface area (Å²) in [7, 11) is 0. The van der Waals surface area contributed by atoms with Crippen molar-refractivity contribution >= 4 is 23.6 Å². The zero-order chi connectivity index (χ0) is 22.2. The first-order chi connectivity index (χ1) is 14.8. The molecule has 0 saturated carbocycles. The van der Waals surface area contributed by atoms with Gasteiger partial charge in [-0.3, -0.25) is 14.4 Å². The smallest absolute Gasteiger partial charge is 0.344 e. The number of nitrogens with one attached hydrogen (secondary N) is 2. The molecule has 1 atom stereocenters. The number of nitrogens with zero attached hydrogens (tertiary/aromatic N) is 1. The van der Waals surface area contributed by atoms with E-state index in [2.05, 4.69) is 10.7 Å². The summed E-state index contributed by atoms with van der Waals surface area (Å²) in [5, 5.41) is 3.27. The fourth-order valence-electron chi connectivity index (χ4n) is 3.35. The van der Waals surface area contributed by atoms with Gasteiger partial charge >= 0.3 is 11.9 Å². The van der Waals surface area contributed by atoms with E-state index in [1.807, 2.05) is 0 Å². The van der Waals surface area contributed by atoms with Gasteiger partial charge in [0.25, 0.3) is 5.91 Å². The highest BCUT2D eigenvalue weighted by Crippen LogP contribution is 2.28. The number of carbonyl (C=O) groups is 4. The van der Waals surface area contributed by atoms with Crippen LogP contribution in [-0.4, -0.2) is 28.6 Å². The molecule has 0 spiro atoms. The van der Waals surface area contributed by atoms with Crippen LogP contribution < -0.4 is 10.7 Å². The number of ketones is 1. The Hall–Kier alpha value is -4.20. The second kappa shape index (κ2) is 7.56. The largest absolute Gasteiger partial charge is 0.451 e. The van der Waals surface area contributed by atoms with Crippen LogP contribution in [0.5, 0.6) is 0 Å². The van der Waals surface area contributed by atoms with E-state index < -0.39 is 23.4 Å². The van der Waals surface area contributed by atoms with E-state index in [-0.39, 0.29) is 11.5 Å². The second-order valence-corrected chi connectivity index (χ2v) is 7.30. The van der Waals surface area contributed by atoms with Gasteiger partial charge < -0.3 is 9.73 Å². The van der Waals surface area contributed by atoms with E-state index in [1.54, 1.807) is 67.6 Å². The standard InChI is InChI=1S/C23H19N3O5/c1-14(27)15-8-10-16(11-9-15)18-12-13-19(31-18)20(28)25-26-21(29)23(2,24-22(26)30)17-6-4-3-5-7-17/h3-13H,1-2H3,(H,24,30)(H,25,28). The fourth-order valence-corrected chi connectivity index (χ4v) is 3.35. The Morgan fingerprint density at radius 1 is 0.968 bits per heavy atom. The van der Waals surface area contributed by atoms with Gasteiger partial charge in [0.15, 0.2) is 11.5 Å². The fraction of sp³-hybridized carbons (Fsp3) is 0.130. The molecular formula is C23H19N3O5. The molecule has 2 heterocycles. The molecule has 0 bridgehead atoms. The Balaban J connectivity index is 1.51. The van der Waals surface area contributed by atoms with Crippen LogP contribution in [0.2, 0.25) is 0 Å². The highest BCUT2D eigenvalue weighted by molar-refractivity contribution is 6.09. The van der Waals surface area contributed by atoms with Crippen molar-refractivity contribution in [2.75, 3.05) is 0 Å². The third kappa shape index (κ3) is 3.59. The third-order valence-corrected chi connectivity index (χ3v) is 5.16. The Bertz CT molecular complexity index is 1180. The summed E-state index contributed by atoms with van der Waals surface area (Å²) in [4.78, 5) is 49.3. The second-order valence-electron chi connectivity index (χ2n) is 7.30. The SMILES string of the molecule is CC(=O)c1ccc(-c2ccc(C(=O)NN3C(=O)NC(C)(c4ccccc4)C3=O)o2)cc1. The zero-order valence-electron chi connectivity index (χ0n) is 16.8. The summed E-state index contributed by atoms with van der Waals surface area (Å²) < 4.78 is 5.58. The molecule has 1 unspecified atom stereocenters. The van der Waals surface area contributed by atoms with Crippen molar-refractivity contribution in [3.63, 3.8) is 0 Å². The highest BCUT2D eigenvalue weighted by atomic mass is 16.4. The molecule has 156 valence electrons. The lowest BCUT2D eigenvalue weighted by Crippen LogP contribution is -2.47. The maximum absolute atomic E-state index is 12.9. The quantitative estimate of drug-likeness (QED) is 0.489. The molecule has 3 aromatic rings. The van der Waals surface area contributed by atoms with E-state index in [0.29, 0.717) is 27.5 Å². The maximum Gasteiger partial charge on any atom is 0.344 e. The summed E-state index contributed by atoms with van der Waals surface area (Å²) in [5.41, 5.74) is 2.85. The van der Waals surface area contributed by atoms with Gasteiger partial charge in [0.2, 0.25) is 0 Å². The van der Waals surface area contributed by atoms with Gasteiger partial charge in [0.05, 0.1) is 0 Å². The number of imide groups is 1. The van der Waals surface area contributed by atoms with Crippen molar-refractivity contribution in [1.29, 1.82) is 0 Å². The van der Waals surface area contributed by atoms with Crippen LogP contribution >= 0.6 is 0 Å². The van der Waals surface area contributed by atoms with Crippen LogP contribution in [0.15, 0.2) is 71.1 Å². The Morgan fingerprint density at radius 2 is 1.65 bits per heavy atom. The highest BCUT2D eigenvalue weighted by Gasteiger charge is 2.50. The predicted molar refractivity (Wildman–Crippen MR) is 111 cm³/mol. The molecule has 31 heavy (non-hydrogen) atoms. The summed E-state index contributed by atoms with van der Waals surface area (Å²) >= 11 is 0. The van der Waals surface area contributed by atoms with Gasteiger partial charge in [0.1, 0.15) is 11.3 Å². The molecule has 4 rings (SSSR count). The van der Waals surface area contributed by atoms with Gasteiger partial charge in [-0.05, 0) is 31.5 Å². The lowest BCUT2D eigenvalue weighted by Gasteiger charge is -2.21. The molecule has 1 fully saturated rings. The monoisotopic (exact) mass is 417 g/mol. The van der Waals surface area contributed by atoms with Crippen LogP contribution in [-0.2, 0) is 10.3 Å². The molecule has 1 aliphatic heterocycles. The number of rotatable bonds is 5. The number of carbonyl (C=O) groups excluding carboxylic acids is 4. The van der Waals surface area contributed by atoms with Crippen LogP contribution in [0.1, 0.15) is 40.3 Å². The Labute approximate surface area is 177 Å². The molecule has 1 aromatic heterocycles. The van der Waals surface area contributed by atoms with E-state index in [1.165, 1.54) is 13.0 Å². The number of hydrogen-bond acceptors (Lipinski definition) is 5. The number of urea groups is 1. The lowest BCUT2D eigenvalue weighted by molar-refractivity contribution is -0.132. The number of amides is 4. The Kier molecular flexibility index (Phi) is 4.90. The molecule has 2 aromatic carbocycles. The summed E-state index contributed by atoms with van der Waals surface area (Å²) in [6.07, 6.45) is 0. The van der Waals surface area contributed by atoms with Gasteiger partial charge in [-0.2, -0.15) is 5.01 Å². The van der Waals surface area contributed by atoms with Gasteiger partial charge in [-0.15, -0.1) is 0 Å². The average Bonchev–Trinajstić information content (AvgIpc) is 3.35. The van der Waals surface area contributed by atoms with E-state index in [0.717, 1.165) is 0 Å². The minimum Gasteiger partial charge on any atom is -0.451 e. The molecule has 0 radical (unpaired) electrons.